The lowest BCUT2D eigenvalue weighted by molar-refractivity contribution is -0.131. The molecule has 0 spiro atoms. The van der Waals surface area contributed by atoms with Crippen molar-refractivity contribution in [3.8, 4) is 0 Å². The molecule has 0 atom stereocenters. The van der Waals surface area contributed by atoms with E-state index in [1.807, 2.05) is 39.9 Å². The Labute approximate surface area is 111 Å². The van der Waals surface area contributed by atoms with E-state index in [9.17, 15) is 4.79 Å². The molecule has 0 aromatic heterocycles. The predicted octanol–water partition coefficient (Wildman–Crippen LogP) is 2.32. The summed E-state index contributed by atoms with van der Waals surface area (Å²) in [5.74, 6) is 0.208. The van der Waals surface area contributed by atoms with Crippen molar-refractivity contribution in [1.29, 1.82) is 0 Å². The number of rotatable bonds is 5. The second kappa shape index (κ2) is 6.10. The van der Waals surface area contributed by atoms with Gasteiger partial charge in [-0.3, -0.25) is 4.79 Å². The van der Waals surface area contributed by atoms with E-state index in [2.05, 4.69) is 25.7 Å². The number of thioether (sulfide) groups is 1. The van der Waals surface area contributed by atoms with E-state index in [4.69, 9.17) is 0 Å². The fourth-order valence-electron chi connectivity index (χ4n) is 1.72. The van der Waals surface area contributed by atoms with Crippen LogP contribution in [0.4, 0.5) is 0 Å². The normalized spacial score (nSPS) is 13.0. The van der Waals surface area contributed by atoms with Crippen LogP contribution in [0, 0.1) is 0 Å². The van der Waals surface area contributed by atoms with Crippen molar-refractivity contribution in [2.24, 2.45) is 0 Å². The molecule has 0 aromatic rings. The van der Waals surface area contributed by atoms with Gasteiger partial charge in [-0.2, -0.15) is 0 Å². The standard InChI is InChI=1S/C13H28N2OS/c1-12(2,3)17-13(4,5)11(16)15(8)10-9-14(6)7/h9-10H2,1-8H3. The minimum absolute atomic E-state index is 0.0988. The average Bonchev–Trinajstić information content (AvgIpc) is 2.08. The maximum absolute atomic E-state index is 12.3. The molecular weight excluding hydrogens is 232 g/mol. The molecule has 0 aliphatic carbocycles. The molecule has 0 N–H and O–H groups in total. The van der Waals surface area contributed by atoms with Gasteiger partial charge in [-0.15, -0.1) is 11.8 Å². The lowest BCUT2D eigenvalue weighted by atomic mass is 10.2. The smallest absolute Gasteiger partial charge is 0.238 e. The third-order valence-electron chi connectivity index (χ3n) is 2.31. The quantitative estimate of drug-likeness (QED) is 0.758. The van der Waals surface area contributed by atoms with Gasteiger partial charge < -0.3 is 9.80 Å². The maximum Gasteiger partial charge on any atom is 0.238 e. The summed E-state index contributed by atoms with van der Waals surface area (Å²) in [7, 11) is 5.93. The van der Waals surface area contributed by atoms with Crippen LogP contribution in [0.5, 0.6) is 0 Å². The zero-order valence-corrected chi connectivity index (χ0v) is 13.4. The Kier molecular flexibility index (Phi) is 6.02. The number of hydrogen-bond donors (Lipinski definition) is 0. The Morgan fingerprint density at radius 1 is 1.00 bits per heavy atom. The van der Waals surface area contributed by atoms with Crippen molar-refractivity contribution in [3.05, 3.63) is 0 Å². The van der Waals surface area contributed by atoms with Crippen molar-refractivity contribution in [3.63, 3.8) is 0 Å². The van der Waals surface area contributed by atoms with Gasteiger partial charge in [0.25, 0.3) is 0 Å². The lowest BCUT2D eigenvalue weighted by Gasteiger charge is -2.34. The first-order chi connectivity index (χ1) is 7.46. The van der Waals surface area contributed by atoms with Crippen LogP contribution >= 0.6 is 11.8 Å². The van der Waals surface area contributed by atoms with E-state index in [1.54, 1.807) is 11.8 Å². The molecule has 0 rings (SSSR count). The molecule has 0 aliphatic heterocycles. The molecule has 4 heteroatoms. The monoisotopic (exact) mass is 260 g/mol. The maximum atomic E-state index is 12.3. The van der Waals surface area contributed by atoms with Crippen LogP contribution in [-0.2, 0) is 4.79 Å². The molecule has 3 nitrogen and oxygen atoms in total. The molecule has 0 fully saturated rings. The largest absolute Gasteiger partial charge is 0.343 e. The topological polar surface area (TPSA) is 23.6 Å². The van der Waals surface area contributed by atoms with E-state index in [0.717, 1.165) is 13.1 Å². The van der Waals surface area contributed by atoms with Crippen LogP contribution < -0.4 is 0 Å². The highest BCUT2D eigenvalue weighted by atomic mass is 32.2. The molecule has 0 unspecified atom stereocenters. The van der Waals surface area contributed by atoms with Crippen LogP contribution in [0.2, 0.25) is 0 Å². The van der Waals surface area contributed by atoms with Crippen LogP contribution in [0.15, 0.2) is 0 Å². The zero-order chi connectivity index (χ0) is 13.9. The van der Waals surface area contributed by atoms with E-state index in [-0.39, 0.29) is 15.4 Å². The molecule has 102 valence electrons. The van der Waals surface area contributed by atoms with Crippen LogP contribution in [0.3, 0.4) is 0 Å². The van der Waals surface area contributed by atoms with Crippen molar-refractivity contribution >= 4 is 17.7 Å². The fraction of sp³-hybridized carbons (Fsp3) is 0.923. The number of likely N-dealkylation sites (N-methyl/N-ethyl adjacent to an activating group) is 2. The zero-order valence-electron chi connectivity index (χ0n) is 12.6. The van der Waals surface area contributed by atoms with Gasteiger partial charge in [0.2, 0.25) is 5.91 Å². The SMILES string of the molecule is CN(C)CCN(C)C(=O)C(C)(C)SC(C)(C)C. The second-order valence-electron chi connectivity index (χ2n) is 6.25. The van der Waals surface area contributed by atoms with E-state index >= 15 is 0 Å². The summed E-state index contributed by atoms with van der Waals surface area (Å²) in [6.07, 6.45) is 0. The van der Waals surface area contributed by atoms with Gasteiger partial charge in [-0.25, -0.2) is 0 Å². The predicted molar refractivity (Wildman–Crippen MR) is 77.6 cm³/mol. The molecule has 0 heterocycles. The summed E-state index contributed by atoms with van der Waals surface area (Å²) in [6.45, 7) is 12.1. The number of amides is 1. The number of nitrogens with zero attached hydrogens (tertiary/aromatic N) is 2. The van der Waals surface area contributed by atoms with Crippen molar-refractivity contribution < 1.29 is 4.79 Å². The van der Waals surface area contributed by atoms with E-state index in [0.29, 0.717) is 0 Å². The molecule has 0 saturated carbocycles. The van der Waals surface area contributed by atoms with E-state index in [1.165, 1.54) is 0 Å². The first-order valence-corrected chi connectivity index (χ1v) is 6.88. The Hall–Kier alpha value is -0.220. The van der Waals surface area contributed by atoms with Gasteiger partial charge in [0.15, 0.2) is 0 Å². The highest BCUT2D eigenvalue weighted by molar-refractivity contribution is 8.02. The Bertz CT molecular complexity index is 257. The Morgan fingerprint density at radius 3 is 1.82 bits per heavy atom. The summed E-state index contributed by atoms with van der Waals surface area (Å²) in [5.41, 5.74) is 0. The molecule has 0 radical (unpaired) electrons. The van der Waals surface area contributed by atoms with Crippen molar-refractivity contribution in [2.45, 2.75) is 44.1 Å². The number of carbonyl (C=O) groups is 1. The van der Waals surface area contributed by atoms with Crippen LogP contribution in [0.1, 0.15) is 34.6 Å². The summed E-state index contributed by atoms with van der Waals surface area (Å²) >= 11 is 1.72. The van der Waals surface area contributed by atoms with Crippen LogP contribution in [-0.4, -0.2) is 59.4 Å². The first kappa shape index (κ1) is 16.8. The molecule has 1 amide bonds. The molecule has 0 saturated heterocycles. The molecule has 17 heavy (non-hydrogen) atoms. The van der Waals surface area contributed by atoms with Gasteiger partial charge in [-0.05, 0) is 27.9 Å². The van der Waals surface area contributed by atoms with Crippen molar-refractivity contribution in [1.82, 2.24) is 9.80 Å². The summed E-state index contributed by atoms with van der Waals surface area (Å²) in [4.78, 5) is 16.3. The van der Waals surface area contributed by atoms with Crippen molar-refractivity contribution in [2.75, 3.05) is 34.2 Å². The number of carbonyl (C=O) groups excluding carboxylic acids is 1. The second-order valence-corrected chi connectivity index (χ2v) is 8.70. The van der Waals surface area contributed by atoms with Gasteiger partial charge in [-0.1, -0.05) is 20.8 Å². The Morgan fingerprint density at radius 2 is 1.47 bits per heavy atom. The first-order valence-electron chi connectivity index (χ1n) is 6.06. The summed E-state index contributed by atoms with van der Waals surface area (Å²) in [5, 5.41) is 0. The minimum Gasteiger partial charge on any atom is -0.343 e. The molecule has 0 aromatic carbocycles. The average molecular weight is 260 g/mol. The third-order valence-corrected chi connectivity index (χ3v) is 3.60. The Balaban J connectivity index is 4.46. The van der Waals surface area contributed by atoms with Gasteiger partial charge >= 0.3 is 0 Å². The molecule has 0 bridgehead atoms. The number of hydrogen-bond acceptors (Lipinski definition) is 3. The van der Waals surface area contributed by atoms with Gasteiger partial charge in [0.1, 0.15) is 0 Å². The lowest BCUT2D eigenvalue weighted by Crippen LogP contribution is -2.45. The fourth-order valence-corrected chi connectivity index (χ4v) is 3.49. The van der Waals surface area contributed by atoms with Gasteiger partial charge in [0.05, 0.1) is 4.75 Å². The molecule has 0 aliphatic rings. The highest BCUT2D eigenvalue weighted by Gasteiger charge is 2.35. The summed E-state index contributed by atoms with van der Waals surface area (Å²) in [6, 6.07) is 0. The van der Waals surface area contributed by atoms with Crippen LogP contribution in [0.25, 0.3) is 0 Å². The molecular formula is C13H28N2OS. The highest BCUT2D eigenvalue weighted by Crippen LogP contribution is 2.37. The minimum atomic E-state index is -0.362. The third kappa shape index (κ3) is 6.94. The van der Waals surface area contributed by atoms with E-state index < -0.39 is 0 Å². The van der Waals surface area contributed by atoms with Gasteiger partial charge in [0, 0.05) is 24.9 Å². The summed E-state index contributed by atoms with van der Waals surface area (Å²) < 4.78 is -0.263.